The monoisotopic (exact) mass is 324 g/mol. The highest BCUT2D eigenvalue weighted by Gasteiger charge is 1.94. The largest absolute Gasteiger partial charge is 0.462 e. The SMILES string of the molecule is CCCCCCCCCCCCCCCC/C=C/COC(C)=O. The molecule has 0 heterocycles. The van der Waals surface area contributed by atoms with Gasteiger partial charge in [0, 0.05) is 6.92 Å². The summed E-state index contributed by atoms with van der Waals surface area (Å²) >= 11 is 0. The molecular weight excluding hydrogens is 284 g/mol. The quantitative estimate of drug-likeness (QED) is 0.164. The zero-order chi connectivity index (χ0) is 17.0. The van der Waals surface area contributed by atoms with Gasteiger partial charge in [0.25, 0.3) is 0 Å². The Balaban J connectivity index is 3.04. The van der Waals surface area contributed by atoms with Crippen molar-refractivity contribution in [3.8, 4) is 0 Å². The summed E-state index contributed by atoms with van der Waals surface area (Å²) < 4.78 is 4.84. The van der Waals surface area contributed by atoms with Crippen molar-refractivity contribution in [2.75, 3.05) is 6.61 Å². The van der Waals surface area contributed by atoms with Gasteiger partial charge in [0.2, 0.25) is 0 Å². The molecule has 0 saturated heterocycles. The Hall–Kier alpha value is -0.790. The molecule has 0 unspecified atom stereocenters. The van der Waals surface area contributed by atoms with Gasteiger partial charge in [-0.3, -0.25) is 4.79 Å². The van der Waals surface area contributed by atoms with Crippen molar-refractivity contribution < 1.29 is 9.53 Å². The lowest BCUT2D eigenvalue weighted by molar-refractivity contribution is -0.139. The standard InChI is InChI=1S/C21H40O2/c1-3-4-5-6-7-8-9-10-11-12-13-14-15-16-17-18-19-20-23-21(2)22/h18-19H,3-17,20H2,1-2H3/b19-18+. The van der Waals surface area contributed by atoms with E-state index in [1.165, 1.54) is 96.8 Å². The lowest BCUT2D eigenvalue weighted by Gasteiger charge is -2.02. The number of unbranched alkanes of at least 4 members (excludes halogenated alkanes) is 14. The summed E-state index contributed by atoms with van der Waals surface area (Å²) in [6, 6.07) is 0. The second-order valence-electron chi connectivity index (χ2n) is 6.66. The molecule has 0 radical (unpaired) electrons. The first kappa shape index (κ1) is 22.2. The third-order valence-corrected chi connectivity index (χ3v) is 4.27. The van der Waals surface area contributed by atoms with Crippen LogP contribution >= 0.6 is 0 Å². The fourth-order valence-electron chi connectivity index (χ4n) is 2.81. The van der Waals surface area contributed by atoms with Crippen LogP contribution in [0.25, 0.3) is 0 Å². The summed E-state index contributed by atoms with van der Waals surface area (Å²) in [6.45, 7) is 4.15. The van der Waals surface area contributed by atoms with E-state index in [0.717, 1.165) is 6.42 Å². The number of hydrogen-bond acceptors (Lipinski definition) is 2. The van der Waals surface area contributed by atoms with Crippen molar-refractivity contribution in [2.45, 2.75) is 110 Å². The van der Waals surface area contributed by atoms with E-state index in [1.807, 2.05) is 6.08 Å². The molecule has 0 aliphatic heterocycles. The van der Waals surface area contributed by atoms with Crippen LogP contribution in [0.4, 0.5) is 0 Å². The minimum Gasteiger partial charge on any atom is -0.462 e. The molecular formula is C21H40O2. The van der Waals surface area contributed by atoms with E-state index in [0.29, 0.717) is 6.61 Å². The highest BCUT2D eigenvalue weighted by molar-refractivity contribution is 5.65. The third-order valence-electron chi connectivity index (χ3n) is 4.27. The average molecular weight is 325 g/mol. The lowest BCUT2D eigenvalue weighted by Crippen LogP contribution is -1.97. The molecule has 2 nitrogen and oxygen atoms in total. The fraction of sp³-hybridized carbons (Fsp3) is 0.857. The Morgan fingerprint density at radius 3 is 1.57 bits per heavy atom. The van der Waals surface area contributed by atoms with Crippen molar-refractivity contribution in [1.82, 2.24) is 0 Å². The van der Waals surface area contributed by atoms with E-state index in [9.17, 15) is 4.79 Å². The van der Waals surface area contributed by atoms with E-state index in [-0.39, 0.29) is 5.97 Å². The highest BCUT2D eigenvalue weighted by atomic mass is 16.5. The van der Waals surface area contributed by atoms with Gasteiger partial charge in [-0.1, -0.05) is 103 Å². The number of rotatable bonds is 17. The van der Waals surface area contributed by atoms with Crippen molar-refractivity contribution in [3.05, 3.63) is 12.2 Å². The number of esters is 1. The van der Waals surface area contributed by atoms with Gasteiger partial charge in [0.05, 0.1) is 0 Å². The Kier molecular flexibility index (Phi) is 18.6. The van der Waals surface area contributed by atoms with Crippen molar-refractivity contribution in [3.63, 3.8) is 0 Å². The van der Waals surface area contributed by atoms with Crippen molar-refractivity contribution in [1.29, 1.82) is 0 Å². The maximum atomic E-state index is 10.6. The molecule has 0 bridgehead atoms. The molecule has 0 rings (SSSR count). The van der Waals surface area contributed by atoms with Crippen LogP contribution in [0.15, 0.2) is 12.2 Å². The first-order valence-corrected chi connectivity index (χ1v) is 10.1. The van der Waals surface area contributed by atoms with Crippen LogP contribution in [0.2, 0.25) is 0 Å². The van der Waals surface area contributed by atoms with Crippen LogP contribution in [-0.2, 0) is 9.53 Å². The number of allylic oxidation sites excluding steroid dienone is 1. The molecule has 0 aromatic heterocycles. The average Bonchev–Trinajstić information content (AvgIpc) is 2.53. The van der Waals surface area contributed by atoms with Crippen LogP contribution in [0.3, 0.4) is 0 Å². The molecule has 0 atom stereocenters. The van der Waals surface area contributed by atoms with Crippen molar-refractivity contribution >= 4 is 5.97 Å². The Morgan fingerprint density at radius 2 is 1.13 bits per heavy atom. The van der Waals surface area contributed by atoms with Gasteiger partial charge in [-0.2, -0.15) is 0 Å². The smallest absolute Gasteiger partial charge is 0.302 e. The number of hydrogen-bond donors (Lipinski definition) is 0. The number of carbonyl (C=O) groups excluding carboxylic acids is 1. The predicted octanol–water partition coefficient (Wildman–Crippen LogP) is 6.98. The summed E-state index contributed by atoms with van der Waals surface area (Å²) in [6.07, 6.45) is 24.8. The molecule has 0 aliphatic carbocycles. The zero-order valence-electron chi connectivity index (χ0n) is 15.8. The number of ether oxygens (including phenoxy) is 1. The number of carbonyl (C=O) groups is 1. The first-order valence-electron chi connectivity index (χ1n) is 10.1. The van der Waals surface area contributed by atoms with Gasteiger partial charge in [-0.25, -0.2) is 0 Å². The van der Waals surface area contributed by atoms with Crippen LogP contribution in [0.5, 0.6) is 0 Å². The van der Waals surface area contributed by atoms with Gasteiger partial charge in [-0.05, 0) is 12.8 Å². The van der Waals surface area contributed by atoms with E-state index in [2.05, 4.69) is 13.0 Å². The Labute approximate surface area is 145 Å². The summed E-state index contributed by atoms with van der Waals surface area (Å²) in [5, 5.41) is 0. The third kappa shape index (κ3) is 21.2. The van der Waals surface area contributed by atoms with Gasteiger partial charge in [0.1, 0.15) is 6.61 Å². The lowest BCUT2D eigenvalue weighted by atomic mass is 10.0. The summed E-state index contributed by atoms with van der Waals surface area (Å²) in [5.41, 5.74) is 0. The molecule has 0 spiro atoms. The Bertz CT molecular complexity index is 271. The summed E-state index contributed by atoms with van der Waals surface area (Å²) in [5.74, 6) is -0.203. The van der Waals surface area contributed by atoms with Crippen LogP contribution < -0.4 is 0 Å². The normalized spacial score (nSPS) is 11.2. The molecule has 0 aliphatic rings. The second-order valence-corrected chi connectivity index (χ2v) is 6.66. The van der Waals surface area contributed by atoms with E-state index in [4.69, 9.17) is 4.74 Å². The molecule has 0 fully saturated rings. The zero-order valence-corrected chi connectivity index (χ0v) is 15.8. The minimum atomic E-state index is -0.203. The van der Waals surface area contributed by atoms with Gasteiger partial charge in [0.15, 0.2) is 0 Å². The molecule has 23 heavy (non-hydrogen) atoms. The molecule has 2 heteroatoms. The van der Waals surface area contributed by atoms with E-state index in [1.54, 1.807) is 0 Å². The fourth-order valence-corrected chi connectivity index (χ4v) is 2.81. The maximum Gasteiger partial charge on any atom is 0.302 e. The summed E-state index contributed by atoms with van der Waals surface area (Å²) in [7, 11) is 0. The first-order chi connectivity index (χ1) is 11.3. The maximum absolute atomic E-state index is 10.6. The molecule has 0 aromatic rings. The van der Waals surface area contributed by atoms with Crippen LogP contribution in [0.1, 0.15) is 110 Å². The van der Waals surface area contributed by atoms with Crippen LogP contribution in [-0.4, -0.2) is 12.6 Å². The van der Waals surface area contributed by atoms with Gasteiger partial charge >= 0.3 is 5.97 Å². The predicted molar refractivity (Wildman–Crippen MR) is 101 cm³/mol. The molecule has 0 N–H and O–H groups in total. The van der Waals surface area contributed by atoms with E-state index < -0.39 is 0 Å². The van der Waals surface area contributed by atoms with E-state index >= 15 is 0 Å². The van der Waals surface area contributed by atoms with Gasteiger partial charge < -0.3 is 4.74 Å². The molecule has 136 valence electrons. The van der Waals surface area contributed by atoms with Crippen LogP contribution in [0, 0.1) is 0 Å². The highest BCUT2D eigenvalue weighted by Crippen LogP contribution is 2.13. The van der Waals surface area contributed by atoms with Gasteiger partial charge in [-0.15, -0.1) is 0 Å². The second kappa shape index (κ2) is 19.3. The topological polar surface area (TPSA) is 26.3 Å². The Morgan fingerprint density at radius 1 is 0.696 bits per heavy atom. The minimum absolute atomic E-state index is 0.203. The van der Waals surface area contributed by atoms with Crippen molar-refractivity contribution in [2.24, 2.45) is 0 Å². The molecule has 0 saturated carbocycles. The molecule has 0 amide bonds. The summed E-state index contributed by atoms with van der Waals surface area (Å²) in [4.78, 5) is 10.6. The molecule has 0 aromatic carbocycles.